The molecule has 0 radical (unpaired) electrons. The van der Waals surface area contributed by atoms with E-state index in [0.717, 1.165) is 32.4 Å². The standard InChI is InChI=1S/C16H31N3O/c1-13(2)12-15(17)16(20)19-10-6-14(7-11-19)18-8-4-3-5-9-18/h13-15H,3-12,17H2,1-2H3. The number of hydrogen-bond donors (Lipinski definition) is 1. The van der Waals surface area contributed by atoms with E-state index in [2.05, 4.69) is 18.7 Å². The van der Waals surface area contributed by atoms with Gasteiger partial charge in [-0.05, 0) is 51.1 Å². The van der Waals surface area contributed by atoms with Gasteiger partial charge in [-0.25, -0.2) is 0 Å². The van der Waals surface area contributed by atoms with E-state index in [1.807, 2.05) is 4.90 Å². The minimum atomic E-state index is -0.304. The van der Waals surface area contributed by atoms with Crippen molar-refractivity contribution >= 4 is 5.91 Å². The maximum Gasteiger partial charge on any atom is 0.239 e. The molecule has 2 fully saturated rings. The summed E-state index contributed by atoms with van der Waals surface area (Å²) in [5, 5.41) is 0. The minimum absolute atomic E-state index is 0.163. The first-order chi connectivity index (χ1) is 9.58. The lowest BCUT2D eigenvalue weighted by molar-refractivity contribution is -0.134. The molecule has 2 N–H and O–H groups in total. The van der Waals surface area contributed by atoms with Crippen LogP contribution in [0.2, 0.25) is 0 Å². The first-order valence-corrected chi connectivity index (χ1v) is 8.36. The van der Waals surface area contributed by atoms with Crippen LogP contribution in [0.5, 0.6) is 0 Å². The van der Waals surface area contributed by atoms with Crippen molar-refractivity contribution in [3.63, 3.8) is 0 Å². The predicted octanol–water partition coefficient (Wildman–Crippen LogP) is 1.84. The van der Waals surface area contributed by atoms with Crippen LogP contribution in [0.15, 0.2) is 0 Å². The van der Waals surface area contributed by atoms with Crippen molar-refractivity contribution in [2.75, 3.05) is 26.2 Å². The highest BCUT2D eigenvalue weighted by Gasteiger charge is 2.29. The fourth-order valence-electron chi connectivity index (χ4n) is 3.58. The summed E-state index contributed by atoms with van der Waals surface area (Å²) >= 11 is 0. The molecule has 4 nitrogen and oxygen atoms in total. The van der Waals surface area contributed by atoms with Crippen LogP contribution >= 0.6 is 0 Å². The molecular formula is C16H31N3O. The zero-order valence-corrected chi connectivity index (χ0v) is 13.2. The van der Waals surface area contributed by atoms with E-state index in [-0.39, 0.29) is 11.9 Å². The molecule has 1 amide bonds. The van der Waals surface area contributed by atoms with E-state index >= 15 is 0 Å². The normalized spacial score (nSPS) is 24.1. The van der Waals surface area contributed by atoms with Gasteiger partial charge in [0.25, 0.3) is 0 Å². The van der Waals surface area contributed by atoms with Crippen LogP contribution in [-0.4, -0.2) is 54.0 Å². The SMILES string of the molecule is CC(C)CC(N)C(=O)N1CCC(N2CCCCC2)CC1. The van der Waals surface area contributed by atoms with Gasteiger partial charge in [-0.2, -0.15) is 0 Å². The molecule has 0 spiro atoms. The second-order valence-corrected chi connectivity index (χ2v) is 6.89. The van der Waals surface area contributed by atoms with E-state index in [1.165, 1.54) is 32.4 Å². The van der Waals surface area contributed by atoms with Gasteiger partial charge in [0.2, 0.25) is 5.91 Å². The average molecular weight is 281 g/mol. The highest BCUT2D eigenvalue weighted by molar-refractivity contribution is 5.81. The molecule has 1 unspecified atom stereocenters. The highest BCUT2D eigenvalue weighted by Crippen LogP contribution is 2.21. The summed E-state index contributed by atoms with van der Waals surface area (Å²) < 4.78 is 0. The van der Waals surface area contributed by atoms with Gasteiger partial charge in [-0.3, -0.25) is 4.79 Å². The second-order valence-electron chi connectivity index (χ2n) is 6.89. The Kier molecular flexibility index (Phi) is 5.85. The van der Waals surface area contributed by atoms with Gasteiger partial charge in [0.15, 0.2) is 0 Å². The molecular weight excluding hydrogens is 250 g/mol. The summed E-state index contributed by atoms with van der Waals surface area (Å²) in [7, 11) is 0. The number of amides is 1. The summed E-state index contributed by atoms with van der Waals surface area (Å²) in [6.07, 6.45) is 7.12. The first kappa shape index (κ1) is 15.8. The lowest BCUT2D eigenvalue weighted by Gasteiger charge is -2.40. The van der Waals surface area contributed by atoms with E-state index in [4.69, 9.17) is 5.73 Å². The first-order valence-electron chi connectivity index (χ1n) is 8.36. The molecule has 2 aliphatic rings. The fourth-order valence-corrected chi connectivity index (χ4v) is 3.58. The summed E-state index contributed by atoms with van der Waals surface area (Å²) in [5.74, 6) is 0.649. The number of rotatable bonds is 4. The van der Waals surface area contributed by atoms with Crippen molar-refractivity contribution in [2.24, 2.45) is 11.7 Å². The molecule has 1 atom stereocenters. The van der Waals surface area contributed by atoms with Gasteiger partial charge in [0.05, 0.1) is 6.04 Å². The highest BCUT2D eigenvalue weighted by atomic mass is 16.2. The molecule has 116 valence electrons. The molecule has 2 saturated heterocycles. The van der Waals surface area contributed by atoms with E-state index in [1.54, 1.807) is 0 Å². The van der Waals surface area contributed by atoms with Crippen molar-refractivity contribution in [1.82, 2.24) is 9.80 Å². The molecule has 0 saturated carbocycles. The van der Waals surface area contributed by atoms with Crippen molar-refractivity contribution in [3.05, 3.63) is 0 Å². The Bertz CT molecular complexity index is 305. The Morgan fingerprint density at radius 1 is 1.10 bits per heavy atom. The molecule has 2 aliphatic heterocycles. The van der Waals surface area contributed by atoms with Gasteiger partial charge >= 0.3 is 0 Å². The van der Waals surface area contributed by atoms with Gasteiger partial charge in [-0.1, -0.05) is 20.3 Å². The molecule has 0 bridgehead atoms. The number of carbonyl (C=O) groups excluding carboxylic acids is 1. The average Bonchev–Trinajstić information content (AvgIpc) is 2.47. The van der Waals surface area contributed by atoms with Crippen LogP contribution in [0.3, 0.4) is 0 Å². The Hall–Kier alpha value is -0.610. The van der Waals surface area contributed by atoms with Gasteiger partial charge < -0.3 is 15.5 Å². The number of nitrogens with two attached hydrogens (primary N) is 1. The quantitative estimate of drug-likeness (QED) is 0.855. The van der Waals surface area contributed by atoms with Crippen molar-refractivity contribution in [2.45, 2.75) is 64.5 Å². The van der Waals surface area contributed by atoms with E-state index in [0.29, 0.717) is 12.0 Å². The van der Waals surface area contributed by atoms with Gasteiger partial charge in [0.1, 0.15) is 0 Å². The van der Waals surface area contributed by atoms with Crippen LogP contribution in [0.4, 0.5) is 0 Å². The predicted molar refractivity (Wildman–Crippen MR) is 82.5 cm³/mol. The molecule has 0 aromatic rings. The maximum absolute atomic E-state index is 12.3. The number of likely N-dealkylation sites (tertiary alicyclic amines) is 2. The Morgan fingerprint density at radius 2 is 1.70 bits per heavy atom. The third-order valence-electron chi connectivity index (χ3n) is 4.73. The molecule has 2 heterocycles. The minimum Gasteiger partial charge on any atom is -0.341 e. The topological polar surface area (TPSA) is 49.6 Å². The maximum atomic E-state index is 12.3. The second kappa shape index (κ2) is 7.41. The largest absolute Gasteiger partial charge is 0.341 e. The summed E-state index contributed by atoms with van der Waals surface area (Å²) in [5.41, 5.74) is 6.02. The van der Waals surface area contributed by atoms with Crippen LogP contribution < -0.4 is 5.73 Å². The number of hydrogen-bond acceptors (Lipinski definition) is 3. The van der Waals surface area contributed by atoms with Crippen molar-refractivity contribution < 1.29 is 4.79 Å². The summed E-state index contributed by atoms with van der Waals surface area (Å²) in [6.45, 7) is 8.54. The van der Waals surface area contributed by atoms with E-state index < -0.39 is 0 Å². The molecule has 4 heteroatoms. The van der Waals surface area contributed by atoms with Crippen LogP contribution in [0, 0.1) is 5.92 Å². The van der Waals surface area contributed by atoms with Gasteiger partial charge in [-0.15, -0.1) is 0 Å². The lowest BCUT2D eigenvalue weighted by atomic mass is 9.98. The lowest BCUT2D eigenvalue weighted by Crippen LogP contribution is -2.51. The summed E-state index contributed by atoms with van der Waals surface area (Å²) in [6, 6.07) is 0.391. The van der Waals surface area contributed by atoms with E-state index in [9.17, 15) is 4.79 Å². The zero-order chi connectivity index (χ0) is 14.5. The molecule has 0 aromatic heterocycles. The Labute approximate surface area is 123 Å². The number of carbonyl (C=O) groups is 1. The van der Waals surface area contributed by atoms with Crippen LogP contribution in [0.25, 0.3) is 0 Å². The third kappa shape index (κ3) is 4.19. The van der Waals surface area contributed by atoms with Crippen molar-refractivity contribution in [1.29, 1.82) is 0 Å². The fraction of sp³-hybridized carbons (Fsp3) is 0.938. The molecule has 2 rings (SSSR count). The Morgan fingerprint density at radius 3 is 2.25 bits per heavy atom. The van der Waals surface area contributed by atoms with Gasteiger partial charge in [0, 0.05) is 19.1 Å². The Balaban J connectivity index is 1.77. The van der Waals surface area contributed by atoms with Crippen molar-refractivity contribution in [3.8, 4) is 0 Å². The molecule has 0 aliphatic carbocycles. The van der Waals surface area contributed by atoms with Crippen LogP contribution in [0.1, 0.15) is 52.4 Å². The number of nitrogens with zero attached hydrogens (tertiary/aromatic N) is 2. The summed E-state index contributed by atoms with van der Waals surface area (Å²) in [4.78, 5) is 16.9. The zero-order valence-electron chi connectivity index (χ0n) is 13.2. The van der Waals surface area contributed by atoms with Crippen LogP contribution in [-0.2, 0) is 4.79 Å². The monoisotopic (exact) mass is 281 g/mol. The molecule has 20 heavy (non-hydrogen) atoms. The number of piperidine rings is 2. The molecule has 0 aromatic carbocycles. The smallest absolute Gasteiger partial charge is 0.239 e. The third-order valence-corrected chi connectivity index (χ3v) is 4.73.